The minimum Gasteiger partial charge on any atom is -0.491 e. The Morgan fingerprint density at radius 3 is 2.60 bits per heavy atom. The zero-order valence-corrected chi connectivity index (χ0v) is 30.7. The van der Waals surface area contributed by atoms with Crippen molar-refractivity contribution in [3.63, 3.8) is 0 Å². The maximum atomic E-state index is 15.8. The van der Waals surface area contributed by atoms with Gasteiger partial charge < -0.3 is 15.0 Å². The molecule has 0 bridgehead atoms. The van der Waals surface area contributed by atoms with E-state index in [0.717, 1.165) is 49.7 Å². The molecule has 1 aliphatic carbocycles. The average Bonchev–Trinajstić information content (AvgIpc) is 3.74. The van der Waals surface area contributed by atoms with Gasteiger partial charge in [-0.1, -0.05) is 0 Å². The van der Waals surface area contributed by atoms with E-state index in [1.165, 1.54) is 6.20 Å². The number of alkyl halides is 1. The van der Waals surface area contributed by atoms with Gasteiger partial charge in [0.15, 0.2) is 5.65 Å². The summed E-state index contributed by atoms with van der Waals surface area (Å²) in [6, 6.07) is 5.18. The number of imide groups is 1. The molecule has 2 N–H and O–H groups in total. The molecule has 4 aliphatic heterocycles. The highest BCUT2D eigenvalue weighted by Gasteiger charge is 2.45. The number of benzene rings is 1. The fourth-order valence-corrected chi connectivity index (χ4v) is 8.42. The second kappa shape index (κ2) is 14.6. The van der Waals surface area contributed by atoms with Crippen LogP contribution in [-0.2, 0) is 14.4 Å². The van der Waals surface area contributed by atoms with Crippen LogP contribution in [0.4, 0.5) is 10.1 Å². The van der Waals surface area contributed by atoms with E-state index >= 15 is 4.39 Å². The molecule has 5 aliphatic rings. The molecule has 5 fully saturated rings. The maximum Gasteiger partial charge on any atom is 0.261 e. The summed E-state index contributed by atoms with van der Waals surface area (Å²) >= 11 is 0. The van der Waals surface area contributed by atoms with Crippen LogP contribution in [0.5, 0.6) is 5.75 Å². The largest absolute Gasteiger partial charge is 0.491 e. The highest BCUT2D eigenvalue weighted by atomic mass is 19.1. The highest BCUT2D eigenvalue weighted by molar-refractivity contribution is 6.09. The number of aromatic nitrogens is 5. The van der Waals surface area contributed by atoms with Crippen molar-refractivity contribution >= 4 is 45.9 Å². The van der Waals surface area contributed by atoms with Gasteiger partial charge >= 0.3 is 0 Å². The lowest BCUT2D eigenvalue weighted by molar-refractivity contribution is -0.149. The summed E-state index contributed by atoms with van der Waals surface area (Å²) in [6.45, 7) is 5.95. The number of nitrogens with one attached hydrogen (secondary N) is 2. The number of ether oxygens (including phenoxy) is 1. The van der Waals surface area contributed by atoms with Crippen LogP contribution in [-0.4, -0.2) is 151 Å². The van der Waals surface area contributed by atoms with Gasteiger partial charge in [-0.3, -0.25) is 43.9 Å². The summed E-state index contributed by atoms with van der Waals surface area (Å²) in [4.78, 5) is 62.3. The number of piperazine rings is 1. The van der Waals surface area contributed by atoms with Gasteiger partial charge in [0.2, 0.25) is 17.7 Å². The fraction of sp³-hybridized carbons (Fsp3) is 0.553. The van der Waals surface area contributed by atoms with E-state index in [4.69, 9.17) is 9.84 Å². The van der Waals surface area contributed by atoms with E-state index in [1.807, 2.05) is 23.0 Å². The number of rotatable bonds is 12. The second-order valence-corrected chi connectivity index (χ2v) is 15.9. The number of carbonyl (C=O) groups excluding carboxylic acids is 4. The van der Waals surface area contributed by atoms with Crippen LogP contribution >= 0.6 is 0 Å². The number of anilines is 1. The van der Waals surface area contributed by atoms with E-state index in [2.05, 4.69) is 35.4 Å². The van der Waals surface area contributed by atoms with E-state index in [-0.39, 0.29) is 36.7 Å². The van der Waals surface area contributed by atoms with Crippen LogP contribution in [0.15, 0.2) is 43.0 Å². The summed E-state index contributed by atoms with van der Waals surface area (Å²) in [6.07, 6.45) is 11.5. The lowest BCUT2D eigenvalue weighted by Gasteiger charge is -2.48. The van der Waals surface area contributed by atoms with Gasteiger partial charge in [-0.2, -0.15) is 10.2 Å². The van der Waals surface area contributed by atoms with Crippen LogP contribution in [0.1, 0.15) is 54.9 Å². The first kappa shape index (κ1) is 35.7. The van der Waals surface area contributed by atoms with E-state index in [0.29, 0.717) is 87.4 Å². The zero-order valence-electron chi connectivity index (χ0n) is 30.7. The Labute approximate surface area is 316 Å². The first-order chi connectivity index (χ1) is 26.7. The first-order valence-electron chi connectivity index (χ1n) is 19.4. The minimum absolute atomic E-state index is 0.106. The molecule has 17 heteroatoms. The third kappa shape index (κ3) is 7.64. The fourth-order valence-electron chi connectivity index (χ4n) is 8.42. The van der Waals surface area contributed by atoms with Crippen LogP contribution < -0.4 is 15.4 Å². The molecule has 4 saturated heterocycles. The van der Waals surface area contributed by atoms with Crippen LogP contribution in [0.3, 0.4) is 0 Å². The van der Waals surface area contributed by atoms with Crippen molar-refractivity contribution in [2.45, 2.75) is 56.3 Å². The zero-order chi connectivity index (χ0) is 37.7. The number of nitrogens with zero attached hydrogens (tertiary/aromatic N) is 9. The number of piperidine rings is 2. The number of fused-ring (bicyclic) bond motifs is 2. The number of carbonyl (C=O) groups is 4. The van der Waals surface area contributed by atoms with Gasteiger partial charge in [0.05, 0.1) is 36.6 Å². The molecule has 1 unspecified atom stereocenters. The summed E-state index contributed by atoms with van der Waals surface area (Å²) < 4.78 is 25.6. The molecular formula is C38H46FN11O5. The van der Waals surface area contributed by atoms with Crippen LogP contribution in [0, 0.1) is 5.92 Å². The molecule has 55 heavy (non-hydrogen) atoms. The summed E-state index contributed by atoms with van der Waals surface area (Å²) in [5.41, 5.74) is 0.958. The molecule has 16 nitrogen and oxygen atoms in total. The average molecular weight is 756 g/mol. The van der Waals surface area contributed by atoms with Gasteiger partial charge in [0, 0.05) is 95.4 Å². The summed E-state index contributed by atoms with van der Waals surface area (Å²) in [5, 5.41) is 15.4. The Morgan fingerprint density at radius 2 is 1.82 bits per heavy atom. The quantitative estimate of drug-likeness (QED) is 0.203. The van der Waals surface area contributed by atoms with E-state index in [9.17, 15) is 19.2 Å². The molecule has 7 heterocycles. The van der Waals surface area contributed by atoms with Crippen molar-refractivity contribution in [3.05, 3.63) is 48.5 Å². The van der Waals surface area contributed by atoms with Crippen molar-refractivity contribution in [2.75, 3.05) is 77.4 Å². The van der Waals surface area contributed by atoms with Gasteiger partial charge in [-0.15, -0.1) is 0 Å². The van der Waals surface area contributed by atoms with Gasteiger partial charge in [0.25, 0.3) is 5.91 Å². The number of hydrogen-bond donors (Lipinski definition) is 2. The van der Waals surface area contributed by atoms with E-state index in [1.54, 1.807) is 27.9 Å². The van der Waals surface area contributed by atoms with Crippen molar-refractivity contribution < 1.29 is 28.3 Å². The molecule has 9 rings (SSSR count). The lowest BCUT2D eigenvalue weighted by Crippen LogP contribution is -2.65. The highest BCUT2D eigenvalue weighted by Crippen LogP contribution is 2.36. The van der Waals surface area contributed by atoms with Gasteiger partial charge in [-0.05, 0) is 50.2 Å². The molecule has 290 valence electrons. The monoisotopic (exact) mass is 755 g/mol. The number of amides is 4. The maximum absolute atomic E-state index is 15.8. The van der Waals surface area contributed by atoms with E-state index < -0.39 is 17.6 Å². The van der Waals surface area contributed by atoms with Crippen molar-refractivity contribution in [2.24, 2.45) is 5.92 Å². The Morgan fingerprint density at radius 1 is 1.00 bits per heavy atom. The Kier molecular flexibility index (Phi) is 9.46. The number of likely N-dealkylation sites (tertiary alicyclic amines) is 2. The van der Waals surface area contributed by atoms with Crippen LogP contribution in [0.2, 0.25) is 0 Å². The Balaban J connectivity index is 0.758. The predicted molar refractivity (Wildman–Crippen MR) is 198 cm³/mol. The molecule has 4 amide bonds. The van der Waals surface area contributed by atoms with Crippen LogP contribution in [0.25, 0.3) is 16.6 Å². The van der Waals surface area contributed by atoms with Gasteiger partial charge in [0.1, 0.15) is 23.0 Å². The molecular weight excluding hydrogens is 709 g/mol. The standard InChI is InChI=1S/C38H46FN11O5/c39-38(23-47(24-38)13-12-45-14-15-48(34(52)20-45)31-4-5-33(51)43-37(31)54)22-46-10-6-27(7-11-46)50-19-26-16-30(32(17-29(26)44-50)55-21-25-2-3-25)42-36(53)28-18-41-49-9-1-8-40-35(28)49/h1,8-9,16-19,25,27,31H,2-7,10-15,20-24H2,(H,42,53)(H,43,51,54). The third-order valence-electron chi connectivity index (χ3n) is 11.7. The molecule has 0 radical (unpaired) electrons. The normalized spacial score (nSPS) is 23.0. The van der Waals surface area contributed by atoms with Gasteiger partial charge in [-0.25, -0.2) is 13.9 Å². The summed E-state index contributed by atoms with van der Waals surface area (Å²) in [5.74, 6) is 0.0128. The Hall–Kier alpha value is -5.00. The molecule has 1 saturated carbocycles. The molecule has 0 spiro atoms. The van der Waals surface area contributed by atoms with Crippen molar-refractivity contribution in [3.8, 4) is 5.75 Å². The van der Waals surface area contributed by atoms with Crippen molar-refractivity contribution in [1.82, 2.24) is 49.3 Å². The first-order valence-corrected chi connectivity index (χ1v) is 19.4. The predicted octanol–water partition coefficient (Wildman–Crippen LogP) is 1.73. The smallest absolute Gasteiger partial charge is 0.261 e. The molecule has 1 atom stereocenters. The van der Waals surface area contributed by atoms with Crippen molar-refractivity contribution in [1.29, 1.82) is 0 Å². The number of halogens is 1. The Bertz CT molecular complexity index is 2120. The lowest BCUT2D eigenvalue weighted by atomic mass is 9.94. The molecule has 3 aromatic heterocycles. The topological polar surface area (TPSA) is 163 Å². The number of hydrogen-bond acceptors (Lipinski definition) is 11. The SMILES string of the molecule is O=C1CCC(N2CCN(CCN3CC(F)(CN4CCC(n5cc6cc(NC(=O)c7cnn8cccnc78)c(OCC7CC7)cc6n5)CC4)C3)CC2=O)C(=O)N1. The molecule has 4 aromatic rings. The summed E-state index contributed by atoms with van der Waals surface area (Å²) in [7, 11) is 0. The third-order valence-corrected chi connectivity index (χ3v) is 11.7. The molecule has 1 aromatic carbocycles. The second-order valence-electron chi connectivity index (χ2n) is 15.9. The minimum atomic E-state index is -1.26.